The molecule has 5 nitrogen and oxygen atoms in total. The molecule has 0 saturated heterocycles. The molecule has 0 radical (unpaired) electrons. The maximum absolute atomic E-state index is 5.53. The van der Waals surface area contributed by atoms with Crippen molar-refractivity contribution in [2.45, 2.75) is 26.9 Å². The van der Waals surface area contributed by atoms with E-state index in [1.54, 1.807) is 6.07 Å². The van der Waals surface area contributed by atoms with Crippen molar-refractivity contribution < 1.29 is 4.74 Å². The van der Waals surface area contributed by atoms with Gasteiger partial charge in [0.05, 0.1) is 12.7 Å². The minimum Gasteiger partial charge on any atom is -0.388 e. The van der Waals surface area contributed by atoms with E-state index in [1.165, 1.54) is 0 Å². The first-order chi connectivity index (χ1) is 7.99. The molecular formula is C11H18N4OS. The van der Waals surface area contributed by atoms with Crippen LogP contribution in [0.5, 0.6) is 0 Å². The summed E-state index contributed by atoms with van der Waals surface area (Å²) in [4.78, 5) is 8.72. The van der Waals surface area contributed by atoms with Gasteiger partial charge in [-0.05, 0) is 26.8 Å². The Bertz CT molecular complexity index is 395. The zero-order valence-electron chi connectivity index (χ0n) is 10.4. The van der Waals surface area contributed by atoms with Crippen LogP contribution >= 0.6 is 12.2 Å². The summed E-state index contributed by atoms with van der Waals surface area (Å²) in [5, 5.41) is 3.07. The van der Waals surface area contributed by atoms with Crippen LogP contribution in [0.15, 0.2) is 6.07 Å². The molecule has 0 bridgehead atoms. The molecule has 1 rings (SSSR count). The predicted octanol–water partition coefficient (Wildman–Crippen LogP) is 1.26. The molecule has 3 N–H and O–H groups in total. The Balaban J connectivity index is 2.56. The van der Waals surface area contributed by atoms with Crippen LogP contribution in [0.4, 0.5) is 5.95 Å². The molecule has 0 spiro atoms. The Morgan fingerprint density at radius 3 is 2.82 bits per heavy atom. The Morgan fingerprint density at radius 2 is 2.24 bits per heavy atom. The van der Waals surface area contributed by atoms with E-state index in [2.05, 4.69) is 15.3 Å². The highest BCUT2D eigenvalue weighted by atomic mass is 32.1. The van der Waals surface area contributed by atoms with Crippen LogP contribution < -0.4 is 11.1 Å². The lowest BCUT2D eigenvalue weighted by Crippen LogP contribution is -2.17. The molecule has 1 heterocycles. The molecule has 0 fully saturated rings. The van der Waals surface area contributed by atoms with E-state index in [-0.39, 0.29) is 11.1 Å². The third-order valence-electron chi connectivity index (χ3n) is 1.94. The first-order valence-electron chi connectivity index (χ1n) is 5.50. The molecule has 1 aromatic heterocycles. The van der Waals surface area contributed by atoms with Crippen LogP contribution in [0.3, 0.4) is 0 Å². The van der Waals surface area contributed by atoms with Crippen LogP contribution in [0.2, 0.25) is 0 Å². The molecule has 0 saturated carbocycles. The van der Waals surface area contributed by atoms with Crippen molar-refractivity contribution in [3.63, 3.8) is 0 Å². The lowest BCUT2D eigenvalue weighted by molar-refractivity contribution is 0.0870. The maximum Gasteiger partial charge on any atom is 0.223 e. The minimum atomic E-state index is 0.224. The first-order valence-corrected chi connectivity index (χ1v) is 5.91. The van der Waals surface area contributed by atoms with Crippen molar-refractivity contribution >= 4 is 23.2 Å². The summed E-state index contributed by atoms with van der Waals surface area (Å²) in [5.41, 5.74) is 6.95. The zero-order chi connectivity index (χ0) is 12.8. The van der Waals surface area contributed by atoms with Gasteiger partial charge in [-0.25, -0.2) is 9.97 Å². The van der Waals surface area contributed by atoms with Gasteiger partial charge in [0.15, 0.2) is 0 Å². The summed E-state index contributed by atoms with van der Waals surface area (Å²) in [6.07, 6.45) is 0.224. The number of aromatic nitrogens is 2. The second-order valence-electron chi connectivity index (χ2n) is 3.93. The molecule has 0 aliphatic carbocycles. The van der Waals surface area contributed by atoms with Gasteiger partial charge in [0.1, 0.15) is 10.7 Å². The fourth-order valence-corrected chi connectivity index (χ4v) is 1.34. The number of aryl methyl sites for hydroxylation is 1. The molecule has 0 aromatic carbocycles. The maximum atomic E-state index is 5.53. The van der Waals surface area contributed by atoms with Gasteiger partial charge in [0.2, 0.25) is 5.95 Å². The molecule has 0 atom stereocenters. The SMILES string of the molecule is Cc1cc(C(N)=S)nc(NCCOC(C)C)n1. The van der Waals surface area contributed by atoms with E-state index in [1.807, 2.05) is 20.8 Å². The second-order valence-corrected chi connectivity index (χ2v) is 4.37. The summed E-state index contributed by atoms with van der Waals surface area (Å²) in [6, 6.07) is 1.76. The predicted molar refractivity (Wildman–Crippen MR) is 72.2 cm³/mol. The number of anilines is 1. The third kappa shape index (κ3) is 5.06. The van der Waals surface area contributed by atoms with E-state index >= 15 is 0 Å². The van der Waals surface area contributed by atoms with Crippen LogP contribution in [0.25, 0.3) is 0 Å². The topological polar surface area (TPSA) is 73.1 Å². The lowest BCUT2D eigenvalue weighted by atomic mass is 10.3. The van der Waals surface area contributed by atoms with Crippen LogP contribution in [0, 0.1) is 6.92 Å². The largest absolute Gasteiger partial charge is 0.388 e. The van der Waals surface area contributed by atoms with Crippen molar-refractivity contribution in [1.82, 2.24) is 9.97 Å². The van der Waals surface area contributed by atoms with E-state index < -0.39 is 0 Å². The molecule has 1 aromatic rings. The summed E-state index contributed by atoms with van der Waals surface area (Å²) in [5.74, 6) is 0.528. The third-order valence-corrected chi connectivity index (χ3v) is 2.15. The highest BCUT2D eigenvalue weighted by Crippen LogP contribution is 2.04. The number of hydrogen-bond donors (Lipinski definition) is 2. The molecule has 6 heteroatoms. The van der Waals surface area contributed by atoms with Gasteiger partial charge >= 0.3 is 0 Å². The summed E-state index contributed by atoms with van der Waals surface area (Å²) in [6.45, 7) is 7.12. The molecule has 17 heavy (non-hydrogen) atoms. The standard InChI is InChI=1S/C11H18N4OS/c1-7(2)16-5-4-13-11-14-8(3)6-9(15-11)10(12)17/h6-7H,4-5H2,1-3H3,(H2,12,17)(H,13,14,15). The summed E-state index contributed by atoms with van der Waals surface area (Å²) >= 11 is 4.89. The van der Waals surface area contributed by atoms with Gasteiger partial charge < -0.3 is 15.8 Å². The second kappa shape index (κ2) is 6.46. The molecule has 0 amide bonds. The van der Waals surface area contributed by atoms with Gasteiger partial charge in [-0.3, -0.25) is 0 Å². The van der Waals surface area contributed by atoms with Crippen molar-refractivity contribution in [3.8, 4) is 0 Å². The van der Waals surface area contributed by atoms with E-state index in [4.69, 9.17) is 22.7 Å². The van der Waals surface area contributed by atoms with E-state index in [9.17, 15) is 0 Å². The fourth-order valence-electron chi connectivity index (χ4n) is 1.23. The highest BCUT2D eigenvalue weighted by Gasteiger charge is 2.04. The number of thiocarbonyl (C=S) groups is 1. The first kappa shape index (κ1) is 13.8. The van der Waals surface area contributed by atoms with Gasteiger partial charge in [0, 0.05) is 12.2 Å². The number of nitrogens with two attached hydrogens (primary N) is 1. The zero-order valence-corrected chi connectivity index (χ0v) is 11.2. The Labute approximate surface area is 107 Å². The number of ether oxygens (including phenoxy) is 1. The summed E-state index contributed by atoms with van der Waals surface area (Å²) in [7, 11) is 0. The number of nitrogens with zero attached hydrogens (tertiary/aromatic N) is 2. The quantitative estimate of drug-likeness (QED) is 0.588. The number of nitrogens with one attached hydrogen (secondary N) is 1. The molecule has 94 valence electrons. The minimum absolute atomic E-state index is 0.224. The van der Waals surface area contributed by atoms with Crippen molar-refractivity contribution in [2.75, 3.05) is 18.5 Å². The number of hydrogen-bond acceptors (Lipinski definition) is 5. The number of rotatable bonds is 6. The van der Waals surface area contributed by atoms with Crippen molar-refractivity contribution in [3.05, 3.63) is 17.5 Å². The molecule has 0 aliphatic heterocycles. The van der Waals surface area contributed by atoms with Gasteiger partial charge in [-0.2, -0.15) is 0 Å². The van der Waals surface area contributed by atoms with Crippen LogP contribution in [-0.4, -0.2) is 34.2 Å². The highest BCUT2D eigenvalue weighted by molar-refractivity contribution is 7.80. The fraction of sp³-hybridized carbons (Fsp3) is 0.545. The Kier molecular flexibility index (Phi) is 5.24. The Hall–Kier alpha value is -1.27. The molecule has 0 aliphatic rings. The summed E-state index contributed by atoms with van der Waals surface area (Å²) < 4.78 is 5.40. The van der Waals surface area contributed by atoms with Crippen LogP contribution in [-0.2, 0) is 4.74 Å². The van der Waals surface area contributed by atoms with Gasteiger partial charge in [-0.15, -0.1) is 0 Å². The lowest BCUT2D eigenvalue weighted by Gasteiger charge is -2.09. The molecular weight excluding hydrogens is 236 g/mol. The van der Waals surface area contributed by atoms with Crippen LogP contribution in [0.1, 0.15) is 25.2 Å². The van der Waals surface area contributed by atoms with Gasteiger partial charge in [0.25, 0.3) is 0 Å². The average molecular weight is 254 g/mol. The van der Waals surface area contributed by atoms with Crippen molar-refractivity contribution in [1.29, 1.82) is 0 Å². The normalized spacial score (nSPS) is 10.6. The van der Waals surface area contributed by atoms with Crippen molar-refractivity contribution in [2.24, 2.45) is 5.73 Å². The van der Waals surface area contributed by atoms with Gasteiger partial charge in [-0.1, -0.05) is 12.2 Å². The van der Waals surface area contributed by atoms with E-state index in [0.717, 1.165) is 5.69 Å². The van der Waals surface area contributed by atoms with E-state index in [0.29, 0.717) is 24.8 Å². The molecule has 0 unspecified atom stereocenters. The smallest absolute Gasteiger partial charge is 0.223 e. The monoisotopic (exact) mass is 254 g/mol. The Morgan fingerprint density at radius 1 is 1.53 bits per heavy atom. The average Bonchev–Trinajstić information content (AvgIpc) is 2.23.